The molecule has 1 aliphatic rings. The van der Waals surface area contributed by atoms with Gasteiger partial charge in [-0.15, -0.1) is 0 Å². The van der Waals surface area contributed by atoms with Crippen LogP contribution in [0.5, 0.6) is 0 Å². The molecule has 108 valence electrons. The Balaban J connectivity index is 2.74. The first-order chi connectivity index (χ1) is 8.36. The topological polar surface area (TPSA) is 69.9 Å². The van der Waals surface area contributed by atoms with Crippen LogP contribution in [0.25, 0.3) is 0 Å². The Morgan fingerprint density at radius 1 is 0.889 bits per heavy atom. The van der Waals surface area contributed by atoms with E-state index in [1.807, 2.05) is 0 Å². The monoisotopic (exact) mass is 260 g/mol. The van der Waals surface area contributed by atoms with Gasteiger partial charge < -0.3 is 20.1 Å². The summed E-state index contributed by atoms with van der Waals surface area (Å²) in [5, 5.41) is 29.8. The maximum atomic E-state index is 10.2. The lowest BCUT2D eigenvalue weighted by molar-refractivity contribution is -0.214. The number of hydrogen-bond donors (Lipinski definition) is 3. The Morgan fingerprint density at radius 3 is 1.89 bits per heavy atom. The fourth-order valence-electron chi connectivity index (χ4n) is 2.77. The molecule has 4 heteroatoms. The van der Waals surface area contributed by atoms with E-state index in [0.717, 1.165) is 6.42 Å². The molecule has 0 amide bonds. The summed E-state index contributed by atoms with van der Waals surface area (Å²) in [6, 6.07) is 0. The molecule has 0 aromatic rings. The Kier molecular flexibility index (Phi) is 6.05. The normalized spacial score (nSPS) is 37.5. The molecule has 1 saturated heterocycles. The molecule has 1 heterocycles. The first-order valence-electron chi connectivity index (χ1n) is 6.99. The van der Waals surface area contributed by atoms with E-state index in [1.165, 1.54) is 0 Å². The average molecular weight is 260 g/mol. The van der Waals surface area contributed by atoms with Gasteiger partial charge in [-0.2, -0.15) is 0 Å². The number of aliphatic hydroxyl groups is 3. The lowest BCUT2D eigenvalue weighted by atomic mass is 9.80. The largest absolute Gasteiger partial charge is 0.394 e. The van der Waals surface area contributed by atoms with E-state index in [0.29, 0.717) is 18.3 Å². The molecule has 1 rings (SSSR count). The van der Waals surface area contributed by atoms with E-state index in [4.69, 9.17) is 4.74 Å². The third kappa shape index (κ3) is 3.92. The van der Waals surface area contributed by atoms with Gasteiger partial charge in [0.2, 0.25) is 0 Å². The molecule has 5 unspecified atom stereocenters. The van der Waals surface area contributed by atoms with Crippen molar-refractivity contribution in [3.8, 4) is 0 Å². The Bertz CT molecular complexity index is 240. The smallest absolute Gasteiger partial charge is 0.106 e. The molecule has 1 fully saturated rings. The average Bonchev–Trinajstić information content (AvgIpc) is 2.27. The van der Waals surface area contributed by atoms with Crippen molar-refractivity contribution in [1.29, 1.82) is 0 Å². The highest BCUT2D eigenvalue weighted by Crippen LogP contribution is 2.32. The van der Waals surface area contributed by atoms with E-state index in [2.05, 4.69) is 27.7 Å². The molecule has 18 heavy (non-hydrogen) atoms. The zero-order valence-electron chi connectivity index (χ0n) is 11.9. The minimum Gasteiger partial charge on any atom is -0.394 e. The van der Waals surface area contributed by atoms with Crippen molar-refractivity contribution in [2.45, 2.75) is 65.0 Å². The third-order valence-electron chi connectivity index (χ3n) is 3.62. The van der Waals surface area contributed by atoms with Crippen molar-refractivity contribution >= 4 is 0 Å². The van der Waals surface area contributed by atoms with E-state index >= 15 is 0 Å². The summed E-state index contributed by atoms with van der Waals surface area (Å²) in [6.07, 6.45) is -0.947. The molecule has 0 aromatic heterocycles. The zero-order chi connectivity index (χ0) is 13.9. The molecule has 0 radical (unpaired) electrons. The van der Waals surface area contributed by atoms with Gasteiger partial charge in [0, 0.05) is 5.92 Å². The van der Waals surface area contributed by atoms with Crippen LogP contribution in [0.1, 0.15) is 40.5 Å². The van der Waals surface area contributed by atoms with Crippen LogP contribution in [-0.4, -0.2) is 46.3 Å². The highest BCUT2D eigenvalue weighted by molar-refractivity contribution is 4.92. The van der Waals surface area contributed by atoms with Crippen LogP contribution in [0.4, 0.5) is 0 Å². The second kappa shape index (κ2) is 6.85. The van der Waals surface area contributed by atoms with Crippen LogP contribution >= 0.6 is 0 Å². The third-order valence-corrected chi connectivity index (χ3v) is 3.62. The highest BCUT2D eigenvalue weighted by Gasteiger charge is 2.43. The summed E-state index contributed by atoms with van der Waals surface area (Å²) in [4.78, 5) is 0. The molecule has 3 N–H and O–H groups in total. The summed E-state index contributed by atoms with van der Waals surface area (Å²) >= 11 is 0. The lowest BCUT2D eigenvalue weighted by Crippen LogP contribution is -2.55. The summed E-state index contributed by atoms with van der Waals surface area (Å²) < 4.78 is 5.78. The molecule has 0 spiro atoms. The second-order valence-electron chi connectivity index (χ2n) is 6.30. The molecule has 1 aliphatic heterocycles. The molecule has 0 saturated carbocycles. The van der Waals surface area contributed by atoms with Crippen molar-refractivity contribution in [2.24, 2.45) is 17.8 Å². The van der Waals surface area contributed by atoms with E-state index in [9.17, 15) is 15.3 Å². The second-order valence-corrected chi connectivity index (χ2v) is 6.30. The van der Waals surface area contributed by atoms with Gasteiger partial charge >= 0.3 is 0 Å². The summed E-state index contributed by atoms with van der Waals surface area (Å²) in [7, 11) is 0. The minimum atomic E-state index is -0.848. The van der Waals surface area contributed by atoms with Crippen LogP contribution < -0.4 is 0 Å². The summed E-state index contributed by atoms with van der Waals surface area (Å²) in [5.74, 6) is 0.599. The van der Waals surface area contributed by atoms with Gasteiger partial charge in [-0.3, -0.25) is 0 Å². The number of aliphatic hydroxyl groups excluding tert-OH is 3. The Morgan fingerprint density at radius 2 is 1.44 bits per heavy atom. The fraction of sp³-hybridized carbons (Fsp3) is 1.00. The van der Waals surface area contributed by atoms with Gasteiger partial charge in [0.25, 0.3) is 0 Å². The summed E-state index contributed by atoms with van der Waals surface area (Å²) in [6.45, 7) is 8.13. The molecule has 4 nitrogen and oxygen atoms in total. The molecular weight excluding hydrogens is 232 g/mol. The van der Waals surface area contributed by atoms with Crippen molar-refractivity contribution in [3.05, 3.63) is 0 Å². The SMILES string of the molecule is CC(C)CC1OC(CO)C(CC(C)C)C(O)C1O. The van der Waals surface area contributed by atoms with Gasteiger partial charge in [0.15, 0.2) is 0 Å². The highest BCUT2D eigenvalue weighted by atomic mass is 16.5. The predicted molar refractivity (Wildman–Crippen MR) is 70.2 cm³/mol. The standard InChI is InChI=1S/C14H28O4/c1-8(2)5-10-12(7-15)18-11(6-9(3)4)14(17)13(10)16/h8-17H,5-7H2,1-4H3. The Labute approximate surface area is 110 Å². The van der Waals surface area contributed by atoms with Crippen LogP contribution in [0.3, 0.4) is 0 Å². The first kappa shape index (κ1) is 15.9. The number of hydrogen-bond acceptors (Lipinski definition) is 4. The van der Waals surface area contributed by atoms with Gasteiger partial charge in [0.05, 0.1) is 24.9 Å². The van der Waals surface area contributed by atoms with Crippen molar-refractivity contribution in [1.82, 2.24) is 0 Å². The van der Waals surface area contributed by atoms with Crippen LogP contribution in [0, 0.1) is 17.8 Å². The lowest BCUT2D eigenvalue weighted by Gasteiger charge is -2.43. The maximum Gasteiger partial charge on any atom is 0.106 e. The number of ether oxygens (including phenoxy) is 1. The predicted octanol–water partition coefficient (Wildman–Crippen LogP) is 1.18. The van der Waals surface area contributed by atoms with E-state index in [-0.39, 0.29) is 24.7 Å². The van der Waals surface area contributed by atoms with Crippen LogP contribution in [-0.2, 0) is 4.74 Å². The van der Waals surface area contributed by atoms with Gasteiger partial charge in [-0.25, -0.2) is 0 Å². The van der Waals surface area contributed by atoms with Crippen molar-refractivity contribution in [3.63, 3.8) is 0 Å². The quantitative estimate of drug-likeness (QED) is 0.694. The first-order valence-corrected chi connectivity index (χ1v) is 6.99. The molecule has 5 atom stereocenters. The maximum absolute atomic E-state index is 10.2. The zero-order valence-corrected chi connectivity index (χ0v) is 11.9. The molecular formula is C14H28O4. The van der Waals surface area contributed by atoms with Gasteiger partial charge in [-0.05, 0) is 24.7 Å². The van der Waals surface area contributed by atoms with Gasteiger partial charge in [-0.1, -0.05) is 27.7 Å². The minimum absolute atomic E-state index is 0.101. The molecule has 0 aliphatic carbocycles. The van der Waals surface area contributed by atoms with Crippen molar-refractivity contribution in [2.75, 3.05) is 6.61 Å². The van der Waals surface area contributed by atoms with Crippen LogP contribution in [0.2, 0.25) is 0 Å². The van der Waals surface area contributed by atoms with Crippen LogP contribution in [0.15, 0.2) is 0 Å². The van der Waals surface area contributed by atoms with Gasteiger partial charge in [0.1, 0.15) is 6.10 Å². The molecule has 0 aromatic carbocycles. The molecule has 0 bridgehead atoms. The summed E-state index contributed by atoms with van der Waals surface area (Å²) in [5.41, 5.74) is 0. The fourth-order valence-corrected chi connectivity index (χ4v) is 2.77. The number of rotatable bonds is 5. The Hall–Kier alpha value is -0.160. The van der Waals surface area contributed by atoms with Crippen molar-refractivity contribution < 1.29 is 20.1 Å². The van der Waals surface area contributed by atoms with E-state index < -0.39 is 12.2 Å². The van der Waals surface area contributed by atoms with E-state index in [1.54, 1.807) is 0 Å².